The molecule has 0 spiro atoms. The largest absolute Gasteiger partial charge is 0.326 e. The van der Waals surface area contributed by atoms with E-state index in [9.17, 15) is 13.2 Å². The Kier molecular flexibility index (Phi) is 6.09. The third kappa shape index (κ3) is 5.07. The summed E-state index contributed by atoms with van der Waals surface area (Å²) in [5, 5.41) is 2.85. The van der Waals surface area contributed by atoms with Crippen molar-refractivity contribution in [3.05, 3.63) is 108 Å². The van der Waals surface area contributed by atoms with Crippen LogP contribution in [0.5, 0.6) is 0 Å². The molecule has 7 heteroatoms. The summed E-state index contributed by atoms with van der Waals surface area (Å²) >= 11 is 0. The average molecular weight is 446 g/mol. The highest BCUT2D eigenvalue weighted by atomic mass is 32.2. The van der Waals surface area contributed by atoms with Crippen LogP contribution in [0, 0.1) is 6.92 Å². The predicted octanol–water partition coefficient (Wildman–Crippen LogP) is 4.77. The molecular weight excluding hydrogens is 422 g/mol. The van der Waals surface area contributed by atoms with E-state index < -0.39 is 10.0 Å². The van der Waals surface area contributed by atoms with Crippen LogP contribution in [0.4, 0.5) is 11.4 Å². The topological polar surface area (TPSA) is 80.2 Å². The molecule has 4 aromatic rings. The Bertz CT molecular complexity index is 1310. The van der Waals surface area contributed by atoms with Gasteiger partial charge < -0.3 is 9.88 Å². The number of nitrogens with zero attached hydrogens (tertiary/aromatic N) is 1. The van der Waals surface area contributed by atoms with Crippen LogP contribution in [0.2, 0.25) is 0 Å². The van der Waals surface area contributed by atoms with Crippen molar-refractivity contribution >= 4 is 27.3 Å². The van der Waals surface area contributed by atoms with Gasteiger partial charge in [0.2, 0.25) is 5.91 Å². The smallest absolute Gasteiger partial charge is 0.261 e. The molecule has 6 nitrogen and oxygen atoms in total. The zero-order valence-electron chi connectivity index (χ0n) is 17.5. The molecule has 1 amide bonds. The lowest BCUT2D eigenvalue weighted by atomic mass is 10.1. The third-order valence-corrected chi connectivity index (χ3v) is 6.40. The molecule has 0 atom stereocenters. The van der Waals surface area contributed by atoms with Crippen LogP contribution < -0.4 is 10.0 Å². The van der Waals surface area contributed by atoms with Gasteiger partial charge in [0.1, 0.15) is 0 Å². The third-order valence-electron chi connectivity index (χ3n) is 5.02. The van der Waals surface area contributed by atoms with Crippen LogP contribution in [0.25, 0.3) is 5.69 Å². The van der Waals surface area contributed by atoms with E-state index in [1.807, 2.05) is 53.4 Å². The zero-order valence-corrected chi connectivity index (χ0v) is 18.3. The quantitative estimate of drug-likeness (QED) is 0.430. The number of rotatable bonds is 7. The molecule has 0 saturated carbocycles. The van der Waals surface area contributed by atoms with Gasteiger partial charge >= 0.3 is 0 Å². The normalized spacial score (nSPS) is 11.2. The van der Waals surface area contributed by atoms with Crippen LogP contribution in [0.15, 0.2) is 102 Å². The molecule has 1 heterocycles. The van der Waals surface area contributed by atoms with Gasteiger partial charge in [0.15, 0.2) is 0 Å². The highest BCUT2D eigenvalue weighted by Gasteiger charge is 2.15. The number of aryl methyl sites for hydroxylation is 1. The van der Waals surface area contributed by atoms with Crippen LogP contribution in [0.1, 0.15) is 11.1 Å². The lowest BCUT2D eigenvalue weighted by Gasteiger charge is -2.13. The van der Waals surface area contributed by atoms with Crippen molar-refractivity contribution in [3.63, 3.8) is 0 Å². The number of hydrogen-bond acceptors (Lipinski definition) is 3. The molecule has 0 radical (unpaired) electrons. The average Bonchev–Trinajstić information content (AvgIpc) is 3.32. The van der Waals surface area contributed by atoms with Crippen molar-refractivity contribution in [1.29, 1.82) is 0 Å². The summed E-state index contributed by atoms with van der Waals surface area (Å²) in [6.07, 6.45) is 4.14. The van der Waals surface area contributed by atoms with Gasteiger partial charge in [-0.1, -0.05) is 36.4 Å². The maximum atomic E-state index is 12.6. The van der Waals surface area contributed by atoms with Gasteiger partial charge in [0.25, 0.3) is 10.0 Å². The Balaban J connectivity index is 1.44. The molecule has 0 aliphatic heterocycles. The summed E-state index contributed by atoms with van der Waals surface area (Å²) in [6.45, 7) is 1.81. The fourth-order valence-corrected chi connectivity index (χ4v) is 4.44. The van der Waals surface area contributed by atoms with Crippen molar-refractivity contribution in [2.45, 2.75) is 18.2 Å². The molecule has 32 heavy (non-hydrogen) atoms. The summed E-state index contributed by atoms with van der Waals surface area (Å²) in [5.74, 6) is -0.181. The summed E-state index contributed by atoms with van der Waals surface area (Å²) in [6, 6.07) is 25.0. The number of nitrogens with one attached hydrogen (secondary N) is 2. The zero-order chi connectivity index (χ0) is 22.6. The first kappa shape index (κ1) is 21.4. The molecule has 0 aliphatic carbocycles. The van der Waals surface area contributed by atoms with Gasteiger partial charge in [-0.2, -0.15) is 0 Å². The van der Waals surface area contributed by atoms with Crippen LogP contribution in [-0.2, 0) is 21.2 Å². The van der Waals surface area contributed by atoms with Gasteiger partial charge in [-0.25, -0.2) is 8.42 Å². The Morgan fingerprint density at radius 2 is 1.56 bits per heavy atom. The molecule has 162 valence electrons. The number of aromatic nitrogens is 1. The van der Waals surface area contributed by atoms with Gasteiger partial charge in [-0.15, -0.1) is 0 Å². The van der Waals surface area contributed by atoms with Crippen LogP contribution in [0.3, 0.4) is 0 Å². The lowest BCUT2D eigenvalue weighted by molar-refractivity contribution is -0.115. The summed E-state index contributed by atoms with van der Waals surface area (Å²) in [5.41, 5.74) is 3.60. The Labute approximate surface area is 187 Å². The van der Waals surface area contributed by atoms with E-state index in [0.717, 1.165) is 16.8 Å². The fourth-order valence-electron chi connectivity index (χ4n) is 3.30. The molecule has 0 fully saturated rings. The Hall–Kier alpha value is -3.84. The molecule has 2 N–H and O–H groups in total. The summed E-state index contributed by atoms with van der Waals surface area (Å²) in [7, 11) is -3.72. The van der Waals surface area contributed by atoms with Crippen molar-refractivity contribution in [3.8, 4) is 5.69 Å². The number of anilines is 2. The standard InChI is InChI=1S/C25H23N3O3S/c1-19-9-12-21(18-24(19)27-32(30,31)23-7-3-2-4-8-23)26-25(29)17-20-10-13-22(14-11-20)28-15-5-6-16-28/h2-16,18,27H,17H2,1H3,(H,26,29). The number of benzene rings is 3. The van der Waals surface area contributed by atoms with Crippen molar-refractivity contribution in [1.82, 2.24) is 4.57 Å². The van der Waals surface area contributed by atoms with Crippen molar-refractivity contribution in [2.24, 2.45) is 0 Å². The van der Waals surface area contributed by atoms with Gasteiger partial charge in [-0.3, -0.25) is 9.52 Å². The van der Waals surface area contributed by atoms with Gasteiger partial charge in [0.05, 0.1) is 17.0 Å². The van der Waals surface area contributed by atoms with Gasteiger partial charge in [-0.05, 0) is 66.6 Å². The molecule has 4 rings (SSSR count). The predicted molar refractivity (Wildman–Crippen MR) is 127 cm³/mol. The first-order valence-electron chi connectivity index (χ1n) is 10.1. The number of hydrogen-bond donors (Lipinski definition) is 2. The highest BCUT2D eigenvalue weighted by Crippen LogP contribution is 2.24. The maximum Gasteiger partial charge on any atom is 0.261 e. The second-order valence-corrected chi connectivity index (χ2v) is 9.11. The minimum atomic E-state index is -3.72. The van der Waals surface area contributed by atoms with Gasteiger partial charge in [0, 0.05) is 23.8 Å². The second kappa shape index (κ2) is 9.11. The van der Waals surface area contributed by atoms with E-state index in [1.54, 1.807) is 43.3 Å². The van der Waals surface area contributed by atoms with Crippen LogP contribution >= 0.6 is 0 Å². The van der Waals surface area contributed by atoms with Crippen LogP contribution in [-0.4, -0.2) is 18.9 Å². The first-order valence-corrected chi connectivity index (χ1v) is 11.6. The van der Waals surface area contributed by atoms with E-state index in [0.29, 0.717) is 11.4 Å². The molecule has 0 bridgehead atoms. The number of amides is 1. The second-order valence-electron chi connectivity index (χ2n) is 7.43. The molecular formula is C25H23N3O3S. The van der Waals surface area contributed by atoms with Crippen molar-refractivity contribution < 1.29 is 13.2 Å². The molecule has 0 unspecified atom stereocenters. The minimum Gasteiger partial charge on any atom is -0.326 e. The SMILES string of the molecule is Cc1ccc(NC(=O)Cc2ccc(-n3cccc3)cc2)cc1NS(=O)(=O)c1ccccc1. The van der Waals surface area contributed by atoms with Crippen molar-refractivity contribution in [2.75, 3.05) is 10.0 Å². The Morgan fingerprint density at radius 1 is 0.875 bits per heavy atom. The van der Waals surface area contributed by atoms with E-state index >= 15 is 0 Å². The molecule has 0 aliphatic rings. The highest BCUT2D eigenvalue weighted by molar-refractivity contribution is 7.92. The minimum absolute atomic E-state index is 0.178. The summed E-state index contributed by atoms with van der Waals surface area (Å²) in [4.78, 5) is 12.7. The number of carbonyl (C=O) groups excluding carboxylic acids is 1. The number of carbonyl (C=O) groups is 1. The molecule has 3 aromatic carbocycles. The Morgan fingerprint density at radius 3 is 2.25 bits per heavy atom. The number of sulfonamides is 1. The van der Waals surface area contributed by atoms with E-state index in [-0.39, 0.29) is 17.2 Å². The fraction of sp³-hybridized carbons (Fsp3) is 0.0800. The maximum absolute atomic E-state index is 12.6. The van der Waals surface area contributed by atoms with E-state index in [2.05, 4.69) is 10.0 Å². The first-order chi connectivity index (χ1) is 15.4. The van der Waals surface area contributed by atoms with E-state index in [4.69, 9.17) is 0 Å². The monoisotopic (exact) mass is 445 g/mol. The molecule has 0 saturated heterocycles. The summed E-state index contributed by atoms with van der Waals surface area (Å²) < 4.78 is 29.9. The lowest BCUT2D eigenvalue weighted by Crippen LogP contribution is -2.16. The molecule has 1 aromatic heterocycles. The van der Waals surface area contributed by atoms with E-state index in [1.165, 1.54) is 12.1 Å².